The summed E-state index contributed by atoms with van der Waals surface area (Å²) in [6, 6.07) is 3.37. The van der Waals surface area contributed by atoms with Crippen molar-refractivity contribution in [1.29, 1.82) is 0 Å². The van der Waals surface area contributed by atoms with E-state index in [-0.39, 0.29) is 11.9 Å². The maximum absolute atomic E-state index is 12.8. The summed E-state index contributed by atoms with van der Waals surface area (Å²) in [7, 11) is 1.54. The highest BCUT2D eigenvalue weighted by Gasteiger charge is 2.26. The number of morpholine rings is 1. The Morgan fingerprint density at radius 2 is 1.66 bits per heavy atom. The van der Waals surface area contributed by atoms with Crippen molar-refractivity contribution in [3.05, 3.63) is 22.7 Å². The number of carbonyl (C=O) groups excluding carboxylic acids is 1. The zero-order valence-electron chi connectivity index (χ0n) is 21.1. The fraction of sp³-hybridized carbons (Fsp3) is 0.731. The third-order valence-electron chi connectivity index (χ3n) is 7.76. The molecule has 3 N–H and O–H groups in total. The summed E-state index contributed by atoms with van der Waals surface area (Å²) in [5.41, 5.74) is 6.69. The van der Waals surface area contributed by atoms with E-state index in [0.29, 0.717) is 22.0 Å². The molecule has 35 heavy (non-hydrogen) atoms. The molecule has 1 amide bonds. The van der Waals surface area contributed by atoms with Crippen LogP contribution in [0.25, 0.3) is 0 Å². The summed E-state index contributed by atoms with van der Waals surface area (Å²) in [4.78, 5) is 20.6. The zero-order valence-corrected chi connectivity index (χ0v) is 21.9. The molecule has 9 heteroatoms. The molecule has 3 saturated heterocycles. The Bertz CT molecular complexity index is 819. The van der Waals surface area contributed by atoms with Crippen LogP contribution in [-0.2, 0) is 4.74 Å². The van der Waals surface area contributed by atoms with E-state index >= 15 is 0 Å². The summed E-state index contributed by atoms with van der Waals surface area (Å²) >= 11 is 6.13. The van der Waals surface area contributed by atoms with Gasteiger partial charge in [-0.3, -0.25) is 9.69 Å². The van der Waals surface area contributed by atoms with Crippen LogP contribution in [0.4, 0.5) is 5.69 Å². The van der Waals surface area contributed by atoms with Gasteiger partial charge >= 0.3 is 0 Å². The van der Waals surface area contributed by atoms with Gasteiger partial charge < -0.3 is 30.3 Å². The highest BCUT2D eigenvalue weighted by atomic mass is 35.5. The molecule has 0 radical (unpaired) electrons. The van der Waals surface area contributed by atoms with Crippen LogP contribution in [0.15, 0.2) is 12.1 Å². The maximum Gasteiger partial charge on any atom is 0.255 e. The second-order valence-corrected chi connectivity index (χ2v) is 10.6. The molecule has 3 aliphatic rings. The largest absolute Gasteiger partial charge is 0.496 e. The second-order valence-electron chi connectivity index (χ2n) is 10.2. The lowest BCUT2D eigenvalue weighted by Gasteiger charge is -2.38. The van der Waals surface area contributed by atoms with Crippen LogP contribution in [-0.4, -0.2) is 106 Å². The SMILES string of the molecule is COc1cc(N)c(Cl)cc1C(=O)NC1CCN(CC2CCN(CCCN3CCOCC3)CC2)CC1. The number of halogens is 1. The van der Waals surface area contributed by atoms with E-state index in [4.69, 9.17) is 26.8 Å². The van der Waals surface area contributed by atoms with Crippen molar-refractivity contribution in [2.24, 2.45) is 5.92 Å². The van der Waals surface area contributed by atoms with E-state index in [0.717, 1.165) is 58.2 Å². The molecule has 0 atom stereocenters. The van der Waals surface area contributed by atoms with Crippen molar-refractivity contribution in [2.75, 3.05) is 85.0 Å². The highest BCUT2D eigenvalue weighted by Crippen LogP contribution is 2.29. The minimum Gasteiger partial charge on any atom is -0.496 e. The van der Waals surface area contributed by atoms with Gasteiger partial charge in [0, 0.05) is 44.8 Å². The van der Waals surface area contributed by atoms with Gasteiger partial charge in [0.25, 0.3) is 5.91 Å². The van der Waals surface area contributed by atoms with Crippen molar-refractivity contribution in [3.8, 4) is 5.75 Å². The number of nitrogens with two attached hydrogens (primary N) is 1. The molecule has 0 aliphatic carbocycles. The molecule has 3 heterocycles. The lowest BCUT2D eigenvalue weighted by Crippen LogP contribution is -2.47. The van der Waals surface area contributed by atoms with Gasteiger partial charge in [-0.2, -0.15) is 0 Å². The summed E-state index contributed by atoms with van der Waals surface area (Å²) in [6.45, 7) is 12.1. The smallest absolute Gasteiger partial charge is 0.255 e. The van der Waals surface area contributed by atoms with Gasteiger partial charge in [-0.25, -0.2) is 0 Å². The number of nitrogens with one attached hydrogen (secondary N) is 1. The first-order chi connectivity index (χ1) is 17.0. The molecule has 1 aromatic carbocycles. The van der Waals surface area contributed by atoms with Crippen molar-refractivity contribution < 1.29 is 14.3 Å². The van der Waals surface area contributed by atoms with Crippen LogP contribution in [0, 0.1) is 5.92 Å². The number of anilines is 1. The number of hydrogen-bond acceptors (Lipinski definition) is 7. The van der Waals surface area contributed by atoms with Crippen LogP contribution in [0.5, 0.6) is 5.75 Å². The topological polar surface area (TPSA) is 83.3 Å². The number of benzene rings is 1. The van der Waals surface area contributed by atoms with Crippen LogP contribution in [0.3, 0.4) is 0 Å². The van der Waals surface area contributed by atoms with Crippen LogP contribution in [0.1, 0.15) is 42.5 Å². The summed E-state index contributed by atoms with van der Waals surface area (Å²) in [5.74, 6) is 1.09. The van der Waals surface area contributed by atoms with Crippen LogP contribution >= 0.6 is 11.6 Å². The number of rotatable bonds is 9. The first kappa shape index (κ1) is 26.5. The van der Waals surface area contributed by atoms with Gasteiger partial charge in [-0.15, -0.1) is 0 Å². The predicted molar refractivity (Wildman–Crippen MR) is 140 cm³/mol. The maximum atomic E-state index is 12.8. The number of likely N-dealkylation sites (tertiary alicyclic amines) is 2. The molecule has 0 spiro atoms. The molecule has 3 fully saturated rings. The number of nitrogen functional groups attached to an aromatic ring is 1. The van der Waals surface area contributed by atoms with E-state index < -0.39 is 0 Å². The first-order valence-electron chi connectivity index (χ1n) is 13.2. The van der Waals surface area contributed by atoms with Crippen LogP contribution in [0.2, 0.25) is 5.02 Å². The highest BCUT2D eigenvalue weighted by molar-refractivity contribution is 6.33. The minimum atomic E-state index is -0.150. The Morgan fingerprint density at radius 3 is 2.31 bits per heavy atom. The molecule has 4 rings (SSSR count). The molecule has 0 saturated carbocycles. The van der Waals surface area contributed by atoms with E-state index in [2.05, 4.69) is 20.0 Å². The lowest BCUT2D eigenvalue weighted by molar-refractivity contribution is 0.0353. The van der Waals surface area contributed by atoms with Crippen LogP contribution < -0.4 is 15.8 Å². The molecule has 196 valence electrons. The summed E-state index contributed by atoms with van der Waals surface area (Å²) in [5, 5.41) is 3.54. The molecule has 0 unspecified atom stereocenters. The molecular weight excluding hydrogens is 466 g/mol. The van der Waals surface area contributed by atoms with Gasteiger partial charge in [0.2, 0.25) is 0 Å². The average molecular weight is 508 g/mol. The molecule has 0 aromatic heterocycles. The number of piperidine rings is 2. The average Bonchev–Trinajstić information content (AvgIpc) is 2.88. The fourth-order valence-electron chi connectivity index (χ4n) is 5.54. The lowest BCUT2D eigenvalue weighted by atomic mass is 9.94. The van der Waals surface area contributed by atoms with Gasteiger partial charge in [0.15, 0.2) is 0 Å². The Labute approximate surface area is 215 Å². The Morgan fingerprint density at radius 1 is 1.03 bits per heavy atom. The minimum absolute atomic E-state index is 0.150. The van der Waals surface area contributed by atoms with Crippen molar-refractivity contribution in [3.63, 3.8) is 0 Å². The molecule has 8 nitrogen and oxygen atoms in total. The Kier molecular flexibility index (Phi) is 9.92. The number of carbonyl (C=O) groups is 1. The molecule has 1 aromatic rings. The van der Waals surface area contributed by atoms with Gasteiger partial charge in [-0.05, 0) is 70.3 Å². The van der Waals surface area contributed by atoms with Crippen molar-refractivity contribution in [1.82, 2.24) is 20.0 Å². The zero-order chi connectivity index (χ0) is 24.6. The van der Waals surface area contributed by atoms with Crippen molar-refractivity contribution >= 4 is 23.2 Å². The molecule has 0 bridgehead atoms. The molecular formula is C26H42ClN5O3. The number of amides is 1. The van der Waals surface area contributed by atoms with Gasteiger partial charge in [-0.1, -0.05) is 11.6 Å². The quantitative estimate of drug-likeness (QED) is 0.497. The number of methoxy groups -OCH3 is 1. The van der Waals surface area contributed by atoms with Crippen molar-refractivity contribution in [2.45, 2.75) is 38.1 Å². The third kappa shape index (κ3) is 7.70. The molecule has 3 aliphatic heterocycles. The second kappa shape index (κ2) is 13.1. The summed E-state index contributed by atoms with van der Waals surface area (Å²) in [6.07, 6.45) is 5.80. The van der Waals surface area contributed by atoms with E-state index in [1.807, 2.05) is 0 Å². The van der Waals surface area contributed by atoms with Gasteiger partial charge in [0.05, 0.1) is 36.6 Å². The first-order valence-corrected chi connectivity index (χ1v) is 13.6. The standard InChI is InChI=1S/C26H42ClN5O3/c1-34-25-18-24(28)23(27)17-22(25)26(33)29-21-5-11-32(12-6-21)19-20-3-9-30(10-4-20)7-2-8-31-13-15-35-16-14-31/h17-18,20-21H,2-16,19,28H2,1H3,(H,29,33). The number of nitrogens with zero attached hydrogens (tertiary/aromatic N) is 3. The normalized spacial score (nSPS) is 21.8. The third-order valence-corrected chi connectivity index (χ3v) is 8.09. The Hall–Kier alpha value is -1.58. The predicted octanol–water partition coefficient (Wildman–Crippen LogP) is 2.56. The van der Waals surface area contributed by atoms with E-state index in [1.165, 1.54) is 59.1 Å². The van der Waals surface area contributed by atoms with Gasteiger partial charge in [0.1, 0.15) is 5.75 Å². The van der Waals surface area contributed by atoms with E-state index in [1.54, 1.807) is 12.1 Å². The monoisotopic (exact) mass is 507 g/mol. The number of ether oxygens (including phenoxy) is 2. The number of hydrogen-bond donors (Lipinski definition) is 2. The fourth-order valence-corrected chi connectivity index (χ4v) is 5.70. The Balaban J connectivity index is 1.12. The summed E-state index contributed by atoms with van der Waals surface area (Å²) < 4.78 is 10.8. The van der Waals surface area contributed by atoms with E-state index in [9.17, 15) is 4.79 Å².